The zero-order chi connectivity index (χ0) is 26.6. The van der Waals surface area contributed by atoms with Crippen LogP contribution < -0.4 is 15.4 Å². The third kappa shape index (κ3) is 5.44. The van der Waals surface area contributed by atoms with Crippen LogP contribution in [0.2, 0.25) is 0 Å². The number of thioether (sulfide) groups is 2. The molecule has 1 aromatic heterocycles. The van der Waals surface area contributed by atoms with Crippen molar-refractivity contribution in [3.8, 4) is 5.75 Å². The van der Waals surface area contributed by atoms with Crippen molar-refractivity contribution < 1.29 is 9.53 Å². The number of nitrogens with zero attached hydrogens (tertiary/aromatic N) is 3. The molecule has 0 aliphatic carbocycles. The molecule has 1 atom stereocenters. The lowest BCUT2D eigenvalue weighted by atomic mass is 9.95. The number of amides is 1. The van der Waals surface area contributed by atoms with Crippen molar-refractivity contribution in [2.75, 3.05) is 24.0 Å². The van der Waals surface area contributed by atoms with Gasteiger partial charge in [-0.05, 0) is 55.5 Å². The van der Waals surface area contributed by atoms with Crippen LogP contribution in [0.3, 0.4) is 0 Å². The number of anilines is 2. The molecule has 194 valence electrons. The SMILES string of the molecule is COc1ccccc1NC(=O)C1=C(C)Nc2nc(SCc3cccc(C)c3)nn2[C@@H]1c1ccc(SC)cc1. The van der Waals surface area contributed by atoms with Crippen LogP contribution in [0.25, 0.3) is 0 Å². The normalized spacial score (nSPS) is 14.6. The van der Waals surface area contributed by atoms with Crippen LogP contribution in [-0.2, 0) is 10.5 Å². The zero-order valence-electron chi connectivity index (χ0n) is 21.7. The van der Waals surface area contributed by atoms with Crippen molar-refractivity contribution in [3.05, 3.63) is 101 Å². The summed E-state index contributed by atoms with van der Waals surface area (Å²) in [5.74, 6) is 1.74. The van der Waals surface area contributed by atoms with Crippen molar-refractivity contribution in [2.24, 2.45) is 0 Å². The second-order valence-corrected chi connectivity index (χ2v) is 10.8. The number of hydrogen-bond donors (Lipinski definition) is 2. The number of aromatic nitrogens is 3. The van der Waals surface area contributed by atoms with Gasteiger partial charge in [0.2, 0.25) is 11.1 Å². The van der Waals surface area contributed by atoms with Gasteiger partial charge in [0, 0.05) is 16.3 Å². The molecule has 1 aliphatic heterocycles. The molecule has 5 rings (SSSR count). The van der Waals surface area contributed by atoms with Crippen LogP contribution in [0.15, 0.2) is 94.1 Å². The maximum atomic E-state index is 13.8. The van der Waals surface area contributed by atoms with Gasteiger partial charge >= 0.3 is 0 Å². The van der Waals surface area contributed by atoms with Gasteiger partial charge in [0.1, 0.15) is 11.8 Å². The minimum atomic E-state index is -0.447. The molecule has 0 bridgehead atoms. The number of ether oxygens (including phenoxy) is 1. The van der Waals surface area contributed by atoms with Gasteiger partial charge in [0.15, 0.2) is 0 Å². The summed E-state index contributed by atoms with van der Waals surface area (Å²) in [7, 11) is 1.59. The van der Waals surface area contributed by atoms with Crippen molar-refractivity contribution >= 4 is 41.1 Å². The molecule has 2 N–H and O–H groups in total. The third-order valence-corrected chi connectivity index (χ3v) is 7.97. The number of para-hydroxylation sites is 2. The Balaban J connectivity index is 1.50. The summed E-state index contributed by atoms with van der Waals surface area (Å²) >= 11 is 3.25. The summed E-state index contributed by atoms with van der Waals surface area (Å²) in [6, 6.07) is 23.6. The lowest BCUT2D eigenvalue weighted by Gasteiger charge is -2.29. The number of fused-ring (bicyclic) bond motifs is 1. The number of hydrogen-bond acceptors (Lipinski definition) is 7. The standard InChI is InChI=1S/C29H29N5O2S2/c1-18-8-7-9-20(16-18)17-38-29-32-28-30-19(2)25(27(35)31-23-10-5-6-11-24(23)36-3)26(34(28)33-29)21-12-14-22(37-4)15-13-21/h5-16,26H,17H2,1-4H3,(H,31,35)(H,30,32,33)/t26-/m1/s1. The van der Waals surface area contributed by atoms with E-state index in [1.165, 1.54) is 11.1 Å². The predicted molar refractivity (Wildman–Crippen MR) is 155 cm³/mol. The van der Waals surface area contributed by atoms with Gasteiger partial charge in [-0.25, -0.2) is 4.68 Å². The van der Waals surface area contributed by atoms with Crippen LogP contribution in [0.4, 0.5) is 11.6 Å². The molecule has 0 radical (unpaired) electrons. The van der Waals surface area contributed by atoms with Gasteiger partial charge in [-0.15, -0.1) is 16.9 Å². The average Bonchev–Trinajstić information content (AvgIpc) is 3.34. The van der Waals surface area contributed by atoms with Crippen LogP contribution in [0.5, 0.6) is 5.75 Å². The second kappa shape index (κ2) is 11.4. The average molecular weight is 544 g/mol. The lowest BCUT2D eigenvalue weighted by molar-refractivity contribution is -0.113. The fourth-order valence-electron chi connectivity index (χ4n) is 4.47. The number of benzene rings is 3. The maximum absolute atomic E-state index is 13.8. The van der Waals surface area contributed by atoms with E-state index in [0.29, 0.717) is 28.1 Å². The number of carbonyl (C=O) groups excluding carboxylic acids is 1. The number of methoxy groups -OCH3 is 1. The van der Waals surface area contributed by atoms with E-state index in [1.54, 1.807) is 30.6 Å². The first-order valence-electron chi connectivity index (χ1n) is 12.2. The van der Waals surface area contributed by atoms with Crippen molar-refractivity contribution in [1.82, 2.24) is 14.8 Å². The fraction of sp³-hybridized carbons (Fsp3) is 0.207. The Labute approximate surface area is 231 Å². The highest BCUT2D eigenvalue weighted by Gasteiger charge is 2.34. The van der Waals surface area contributed by atoms with E-state index < -0.39 is 6.04 Å². The number of nitrogens with one attached hydrogen (secondary N) is 2. The van der Waals surface area contributed by atoms with E-state index in [2.05, 4.69) is 66.1 Å². The van der Waals surface area contributed by atoms with Gasteiger partial charge in [-0.2, -0.15) is 4.98 Å². The van der Waals surface area contributed by atoms with Gasteiger partial charge in [-0.1, -0.05) is 65.9 Å². The monoisotopic (exact) mass is 543 g/mol. The maximum Gasteiger partial charge on any atom is 0.255 e. The Bertz CT molecular complexity index is 1500. The molecule has 4 aromatic rings. The number of aryl methyl sites for hydroxylation is 1. The molecule has 1 aliphatic rings. The van der Waals surface area contributed by atoms with E-state index in [1.807, 2.05) is 42.1 Å². The van der Waals surface area contributed by atoms with Crippen LogP contribution in [0, 0.1) is 6.92 Å². The molecule has 0 unspecified atom stereocenters. The lowest BCUT2D eigenvalue weighted by Crippen LogP contribution is -2.31. The highest BCUT2D eigenvalue weighted by molar-refractivity contribution is 7.98. The van der Waals surface area contributed by atoms with E-state index >= 15 is 0 Å². The summed E-state index contributed by atoms with van der Waals surface area (Å²) in [6.07, 6.45) is 2.04. The smallest absolute Gasteiger partial charge is 0.255 e. The van der Waals surface area contributed by atoms with E-state index in [9.17, 15) is 4.79 Å². The first kappa shape index (κ1) is 25.9. The Kier molecular flexibility index (Phi) is 7.76. The summed E-state index contributed by atoms with van der Waals surface area (Å²) in [5.41, 5.74) is 5.30. The number of allylic oxidation sites excluding steroid dienone is 1. The van der Waals surface area contributed by atoms with Crippen LogP contribution >= 0.6 is 23.5 Å². The zero-order valence-corrected chi connectivity index (χ0v) is 23.3. The van der Waals surface area contributed by atoms with Crippen molar-refractivity contribution in [2.45, 2.75) is 35.7 Å². The summed E-state index contributed by atoms with van der Waals surface area (Å²) in [4.78, 5) is 19.7. The Morgan fingerprint density at radius 3 is 2.61 bits per heavy atom. The Morgan fingerprint density at radius 1 is 1.08 bits per heavy atom. The number of carbonyl (C=O) groups is 1. The molecule has 38 heavy (non-hydrogen) atoms. The molecular formula is C29H29N5O2S2. The molecule has 0 fully saturated rings. The Hall–Kier alpha value is -3.69. The molecule has 1 amide bonds. The summed E-state index contributed by atoms with van der Waals surface area (Å²) < 4.78 is 7.26. The first-order valence-corrected chi connectivity index (χ1v) is 14.4. The van der Waals surface area contributed by atoms with Crippen LogP contribution in [-0.4, -0.2) is 34.0 Å². The molecular weight excluding hydrogens is 514 g/mol. The van der Waals surface area contributed by atoms with Crippen molar-refractivity contribution in [1.29, 1.82) is 0 Å². The minimum Gasteiger partial charge on any atom is -0.495 e. The van der Waals surface area contributed by atoms with Gasteiger partial charge < -0.3 is 15.4 Å². The van der Waals surface area contributed by atoms with Gasteiger partial charge in [0.25, 0.3) is 5.91 Å². The third-order valence-electron chi connectivity index (χ3n) is 6.31. The molecule has 3 aromatic carbocycles. The summed E-state index contributed by atoms with van der Waals surface area (Å²) in [5, 5.41) is 11.9. The minimum absolute atomic E-state index is 0.228. The first-order chi connectivity index (χ1) is 18.5. The molecule has 0 saturated heterocycles. The molecule has 0 saturated carbocycles. The largest absolute Gasteiger partial charge is 0.495 e. The summed E-state index contributed by atoms with van der Waals surface area (Å²) in [6.45, 7) is 3.99. The number of rotatable bonds is 8. The highest BCUT2D eigenvalue weighted by atomic mass is 32.2. The van der Waals surface area contributed by atoms with Gasteiger partial charge in [-0.3, -0.25) is 4.79 Å². The second-order valence-electron chi connectivity index (χ2n) is 8.93. The van der Waals surface area contributed by atoms with E-state index in [4.69, 9.17) is 14.8 Å². The molecule has 2 heterocycles. The van der Waals surface area contributed by atoms with E-state index in [-0.39, 0.29) is 5.91 Å². The quantitative estimate of drug-likeness (QED) is 0.244. The van der Waals surface area contributed by atoms with E-state index in [0.717, 1.165) is 21.9 Å². The Morgan fingerprint density at radius 2 is 1.87 bits per heavy atom. The van der Waals surface area contributed by atoms with Crippen LogP contribution in [0.1, 0.15) is 29.7 Å². The van der Waals surface area contributed by atoms with Crippen molar-refractivity contribution in [3.63, 3.8) is 0 Å². The molecule has 7 nitrogen and oxygen atoms in total. The fourth-order valence-corrected chi connectivity index (χ4v) is 5.65. The molecule has 0 spiro atoms. The highest BCUT2D eigenvalue weighted by Crippen LogP contribution is 2.38. The molecule has 9 heteroatoms. The van der Waals surface area contributed by atoms with Gasteiger partial charge in [0.05, 0.1) is 18.4 Å². The predicted octanol–water partition coefficient (Wildman–Crippen LogP) is 6.54. The topological polar surface area (TPSA) is 81.1 Å².